The van der Waals surface area contributed by atoms with Gasteiger partial charge in [0.25, 0.3) is 11.8 Å². The van der Waals surface area contributed by atoms with Crippen LogP contribution in [0.4, 0.5) is 0 Å². The number of benzene rings is 3. The number of carbonyl (C=O) groups excluding carboxylic acids is 2. The fourth-order valence-corrected chi connectivity index (χ4v) is 4.16. The summed E-state index contributed by atoms with van der Waals surface area (Å²) in [6.45, 7) is 1.89. The van der Waals surface area contributed by atoms with Crippen LogP contribution in [0.3, 0.4) is 0 Å². The summed E-state index contributed by atoms with van der Waals surface area (Å²) in [4.78, 5) is 33.4. The highest BCUT2D eigenvalue weighted by Crippen LogP contribution is 2.19. The van der Waals surface area contributed by atoms with Gasteiger partial charge in [-0.05, 0) is 60.7 Å². The molecule has 2 amide bonds. The van der Waals surface area contributed by atoms with Crippen molar-refractivity contribution >= 4 is 34.4 Å². The van der Waals surface area contributed by atoms with Gasteiger partial charge >= 0.3 is 0 Å². The summed E-state index contributed by atoms with van der Waals surface area (Å²) >= 11 is 5.87. The molecule has 172 valence electrons. The minimum atomic E-state index is -0.0982. The van der Waals surface area contributed by atoms with Crippen LogP contribution in [0.1, 0.15) is 10.4 Å². The van der Waals surface area contributed by atoms with Crippen LogP contribution in [0.15, 0.2) is 79.1 Å². The Balaban J connectivity index is 1.16. The van der Waals surface area contributed by atoms with Crippen LogP contribution >= 0.6 is 11.6 Å². The molecular formula is C26H23ClN4O3. The molecule has 0 aliphatic carbocycles. The van der Waals surface area contributed by atoms with Crippen molar-refractivity contribution in [2.75, 3.05) is 32.8 Å². The lowest BCUT2D eigenvalue weighted by atomic mass is 10.1. The molecule has 0 radical (unpaired) electrons. The number of ether oxygens (including phenoxy) is 1. The second-order valence-electron chi connectivity index (χ2n) is 8.07. The largest absolute Gasteiger partial charge is 0.484 e. The van der Waals surface area contributed by atoms with Gasteiger partial charge < -0.3 is 14.5 Å². The van der Waals surface area contributed by atoms with E-state index in [0.717, 1.165) is 16.7 Å². The Morgan fingerprint density at radius 1 is 0.853 bits per heavy atom. The Bertz CT molecular complexity index is 1310. The number of aromatic nitrogens is 2. The summed E-state index contributed by atoms with van der Waals surface area (Å²) in [5.74, 6) is 0.462. The van der Waals surface area contributed by atoms with Gasteiger partial charge in [0.2, 0.25) is 0 Å². The number of hydrogen-bond donors (Lipinski definition) is 0. The Labute approximate surface area is 202 Å². The van der Waals surface area contributed by atoms with Gasteiger partial charge in [-0.15, -0.1) is 0 Å². The van der Waals surface area contributed by atoms with Gasteiger partial charge in [-0.3, -0.25) is 14.2 Å². The highest BCUT2D eigenvalue weighted by atomic mass is 35.5. The first-order valence-electron chi connectivity index (χ1n) is 11.1. The van der Waals surface area contributed by atoms with E-state index in [9.17, 15) is 9.59 Å². The van der Waals surface area contributed by atoms with E-state index in [0.29, 0.717) is 42.5 Å². The zero-order valence-electron chi connectivity index (χ0n) is 18.4. The van der Waals surface area contributed by atoms with Crippen LogP contribution in [-0.4, -0.2) is 64.0 Å². The minimum Gasteiger partial charge on any atom is -0.484 e. The highest BCUT2D eigenvalue weighted by molar-refractivity contribution is 6.30. The predicted octanol–water partition coefficient (Wildman–Crippen LogP) is 4.04. The van der Waals surface area contributed by atoms with Crippen LogP contribution in [0, 0.1) is 0 Å². The van der Waals surface area contributed by atoms with Crippen LogP contribution in [0.25, 0.3) is 16.7 Å². The molecule has 5 rings (SSSR count). The summed E-state index contributed by atoms with van der Waals surface area (Å²) in [7, 11) is 0. The standard InChI is InChI=1S/C26H23ClN4O3/c27-20-7-11-22(12-8-20)34-17-25(32)29-13-15-30(16-14-29)26(33)19-5-9-21(10-6-19)31-18-28-23-3-1-2-4-24(23)31/h1-12,18H,13-17H2. The molecule has 7 nitrogen and oxygen atoms in total. The van der Waals surface area contributed by atoms with Crippen molar-refractivity contribution in [1.29, 1.82) is 0 Å². The molecule has 0 atom stereocenters. The number of imidazole rings is 1. The molecule has 0 spiro atoms. The Hall–Kier alpha value is -3.84. The van der Waals surface area contributed by atoms with E-state index in [1.807, 2.05) is 53.1 Å². The van der Waals surface area contributed by atoms with E-state index in [1.165, 1.54) is 0 Å². The second-order valence-corrected chi connectivity index (χ2v) is 8.50. The second kappa shape index (κ2) is 9.57. The monoisotopic (exact) mass is 474 g/mol. The number of piperazine rings is 1. The van der Waals surface area contributed by atoms with Gasteiger partial charge in [0, 0.05) is 42.5 Å². The average molecular weight is 475 g/mol. The molecule has 1 fully saturated rings. The summed E-state index contributed by atoms with van der Waals surface area (Å²) in [6.07, 6.45) is 1.79. The molecule has 0 bridgehead atoms. The lowest BCUT2D eigenvalue weighted by molar-refractivity contribution is -0.134. The molecule has 1 aliphatic heterocycles. The zero-order chi connectivity index (χ0) is 23.5. The van der Waals surface area contributed by atoms with Crippen molar-refractivity contribution in [2.24, 2.45) is 0 Å². The van der Waals surface area contributed by atoms with Crippen molar-refractivity contribution in [3.8, 4) is 11.4 Å². The Morgan fingerprint density at radius 2 is 1.53 bits per heavy atom. The number of rotatable bonds is 5. The number of carbonyl (C=O) groups is 2. The average Bonchev–Trinajstić information content (AvgIpc) is 3.32. The quantitative estimate of drug-likeness (QED) is 0.438. The Morgan fingerprint density at radius 3 is 2.26 bits per heavy atom. The summed E-state index contributed by atoms with van der Waals surface area (Å²) in [6, 6.07) is 22.3. The number of hydrogen-bond acceptors (Lipinski definition) is 4. The molecule has 34 heavy (non-hydrogen) atoms. The van der Waals surface area contributed by atoms with Crippen LogP contribution in [-0.2, 0) is 4.79 Å². The third-order valence-electron chi connectivity index (χ3n) is 5.94. The smallest absolute Gasteiger partial charge is 0.260 e. The zero-order valence-corrected chi connectivity index (χ0v) is 19.2. The normalized spacial score (nSPS) is 13.8. The van der Waals surface area contributed by atoms with Crippen LogP contribution in [0.5, 0.6) is 5.75 Å². The summed E-state index contributed by atoms with van der Waals surface area (Å²) in [5, 5.41) is 0.615. The molecule has 0 unspecified atom stereocenters. The van der Waals surface area contributed by atoms with Crippen LogP contribution in [0.2, 0.25) is 5.02 Å². The SMILES string of the molecule is O=C(COc1ccc(Cl)cc1)N1CCN(C(=O)c2ccc(-n3cnc4ccccc43)cc2)CC1. The first kappa shape index (κ1) is 22.0. The van der Waals surface area contributed by atoms with E-state index in [1.54, 1.807) is 40.4 Å². The van der Waals surface area contributed by atoms with Gasteiger partial charge in [-0.25, -0.2) is 4.98 Å². The first-order chi connectivity index (χ1) is 16.6. The third-order valence-corrected chi connectivity index (χ3v) is 6.19. The summed E-state index contributed by atoms with van der Waals surface area (Å²) in [5.41, 5.74) is 3.51. The molecule has 4 aromatic rings. The van der Waals surface area contributed by atoms with Crippen molar-refractivity contribution in [3.05, 3.63) is 89.7 Å². The molecule has 1 aromatic heterocycles. The van der Waals surface area contributed by atoms with E-state index in [-0.39, 0.29) is 18.4 Å². The number of amides is 2. The van der Waals surface area contributed by atoms with Gasteiger partial charge in [0.15, 0.2) is 6.61 Å². The van der Waals surface area contributed by atoms with Crippen molar-refractivity contribution < 1.29 is 14.3 Å². The lowest BCUT2D eigenvalue weighted by Gasteiger charge is -2.34. The molecule has 3 aromatic carbocycles. The van der Waals surface area contributed by atoms with E-state index in [4.69, 9.17) is 16.3 Å². The number of halogens is 1. The fraction of sp³-hybridized carbons (Fsp3) is 0.192. The maximum Gasteiger partial charge on any atom is 0.260 e. The topological polar surface area (TPSA) is 67.7 Å². The summed E-state index contributed by atoms with van der Waals surface area (Å²) < 4.78 is 7.55. The molecule has 0 saturated carbocycles. The number of nitrogens with zero attached hydrogens (tertiary/aromatic N) is 4. The van der Waals surface area contributed by atoms with Crippen LogP contribution < -0.4 is 4.74 Å². The van der Waals surface area contributed by atoms with Crippen molar-refractivity contribution in [2.45, 2.75) is 0 Å². The van der Waals surface area contributed by atoms with E-state index < -0.39 is 0 Å². The predicted molar refractivity (Wildman–Crippen MR) is 131 cm³/mol. The third kappa shape index (κ3) is 4.61. The minimum absolute atomic E-state index is 0.0356. The van der Waals surface area contributed by atoms with Crippen molar-refractivity contribution in [1.82, 2.24) is 19.4 Å². The Kier molecular flexibility index (Phi) is 6.18. The van der Waals surface area contributed by atoms with E-state index in [2.05, 4.69) is 4.98 Å². The lowest BCUT2D eigenvalue weighted by Crippen LogP contribution is -2.51. The maximum absolute atomic E-state index is 13.0. The fourth-order valence-electron chi connectivity index (χ4n) is 4.04. The molecule has 0 N–H and O–H groups in total. The van der Waals surface area contributed by atoms with Crippen molar-refractivity contribution in [3.63, 3.8) is 0 Å². The molecule has 8 heteroatoms. The van der Waals surface area contributed by atoms with Gasteiger partial charge in [-0.2, -0.15) is 0 Å². The maximum atomic E-state index is 13.0. The number of fused-ring (bicyclic) bond motifs is 1. The van der Waals surface area contributed by atoms with E-state index >= 15 is 0 Å². The first-order valence-corrected chi connectivity index (χ1v) is 11.4. The van der Waals surface area contributed by atoms with Gasteiger partial charge in [0.05, 0.1) is 11.0 Å². The molecular weight excluding hydrogens is 452 g/mol. The highest BCUT2D eigenvalue weighted by Gasteiger charge is 2.25. The molecule has 2 heterocycles. The molecule has 1 aliphatic rings. The van der Waals surface area contributed by atoms with Gasteiger partial charge in [-0.1, -0.05) is 23.7 Å². The number of para-hydroxylation sites is 2. The van der Waals surface area contributed by atoms with Gasteiger partial charge in [0.1, 0.15) is 12.1 Å². The molecule has 1 saturated heterocycles.